The maximum atomic E-state index is 11.0. The third-order valence-electron chi connectivity index (χ3n) is 3.92. The molecule has 0 aliphatic heterocycles. The first kappa shape index (κ1) is 15.1. The van der Waals surface area contributed by atoms with Crippen molar-refractivity contribution in [2.75, 3.05) is 10.0 Å². The van der Waals surface area contributed by atoms with Gasteiger partial charge in [-0.3, -0.25) is 4.72 Å². The molecule has 1 aliphatic rings. The maximum absolute atomic E-state index is 11.0. The van der Waals surface area contributed by atoms with Crippen LogP contribution < -0.4 is 15.2 Å². The lowest BCUT2D eigenvalue weighted by Crippen LogP contribution is -2.26. The van der Waals surface area contributed by atoms with E-state index in [4.69, 9.17) is 5.14 Å². The van der Waals surface area contributed by atoms with Gasteiger partial charge in [0.25, 0.3) is 10.2 Å². The van der Waals surface area contributed by atoms with Gasteiger partial charge in [-0.2, -0.15) is 8.42 Å². The fourth-order valence-electron chi connectivity index (χ4n) is 2.79. The Hall–Kier alpha value is -1.27. The number of anilines is 2. The third-order valence-corrected chi connectivity index (χ3v) is 4.44. The zero-order chi connectivity index (χ0) is 14.6. The Balaban J connectivity index is 1.95. The van der Waals surface area contributed by atoms with Crippen molar-refractivity contribution in [3.8, 4) is 0 Å². The van der Waals surface area contributed by atoms with E-state index in [-0.39, 0.29) is 0 Å². The first-order chi connectivity index (χ1) is 9.46. The molecule has 0 spiro atoms. The second-order valence-electron chi connectivity index (χ2n) is 5.50. The van der Waals surface area contributed by atoms with E-state index in [2.05, 4.69) is 17.0 Å². The van der Waals surface area contributed by atoms with E-state index in [1.807, 2.05) is 12.1 Å². The minimum atomic E-state index is -3.72. The molecule has 0 unspecified atom stereocenters. The Kier molecular flexibility index (Phi) is 4.88. The van der Waals surface area contributed by atoms with Crippen molar-refractivity contribution in [2.24, 2.45) is 11.1 Å². The van der Waals surface area contributed by atoms with E-state index >= 15 is 0 Å². The molecule has 1 saturated carbocycles. The van der Waals surface area contributed by atoms with Gasteiger partial charge in [0.1, 0.15) is 0 Å². The molecule has 112 valence electrons. The Morgan fingerprint density at radius 2 is 1.85 bits per heavy atom. The summed E-state index contributed by atoms with van der Waals surface area (Å²) in [4.78, 5) is 0. The van der Waals surface area contributed by atoms with Crippen LogP contribution in [0.1, 0.15) is 39.0 Å². The van der Waals surface area contributed by atoms with Crippen molar-refractivity contribution < 1.29 is 8.42 Å². The molecule has 0 atom stereocenters. The number of rotatable bonds is 5. The lowest BCUT2D eigenvalue weighted by Gasteiger charge is -2.29. The largest absolute Gasteiger partial charge is 0.382 e. The quantitative estimate of drug-likeness (QED) is 0.781. The van der Waals surface area contributed by atoms with Gasteiger partial charge in [-0.25, -0.2) is 5.14 Å². The summed E-state index contributed by atoms with van der Waals surface area (Å²) in [6, 6.07) is 7.69. The molecule has 1 aromatic rings. The van der Waals surface area contributed by atoms with E-state index < -0.39 is 10.2 Å². The average molecular weight is 297 g/mol. The van der Waals surface area contributed by atoms with Crippen LogP contribution in [0.5, 0.6) is 0 Å². The van der Waals surface area contributed by atoms with Crippen LogP contribution in [0.4, 0.5) is 11.4 Å². The molecule has 0 heterocycles. The van der Waals surface area contributed by atoms with E-state index in [9.17, 15) is 8.42 Å². The fourth-order valence-corrected chi connectivity index (χ4v) is 3.24. The van der Waals surface area contributed by atoms with Gasteiger partial charge in [-0.15, -0.1) is 0 Å². The predicted octanol–water partition coefficient (Wildman–Crippen LogP) is 2.68. The van der Waals surface area contributed by atoms with Crippen molar-refractivity contribution in [2.45, 2.75) is 45.1 Å². The highest BCUT2D eigenvalue weighted by Gasteiger charge is 2.19. The highest BCUT2D eigenvalue weighted by Crippen LogP contribution is 2.29. The minimum Gasteiger partial charge on any atom is -0.382 e. The SMILES string of the molecule is CCC1CCC(Nc2cccc(NS(N)(=O)=O)c2)CC1. The highest BCUT2D eigenvalue weighted by molar-refractivity contribution is 7.90. The van der Waals surface area contributed by atoms with Crippen LogP contribution in [0.15, 0.2) is 24.3 Å². The van der Waals surface area contributed by atoms with Gasteiger partial charge < -0.3 is 5.32 Å². The number of benzene rings is 1. The first-order valence-electron chi connectivity index (χ1n) is 7.13. The average Bonchev–Trinajstić information content (AvgIpc) is 2.38. The van der Waals surface area contributed by atoms with E-state index in [1.54, 1.807) is 12.1 Å². The molecule has 1 aliphatic carbocycles. The summed E-state index contributed by atoms with van der Waals surface area (Å²) < 4.78 is 24.3. The Bertz CT molecular complexity index is 537. The number of hydrogen-bond acceptors (Lipinski definition) is 3. The van der Waals surface area contributed by atoms with Crippen molar-refractivity contribution in [1.29, 1.82) is 0 Å². The van der Waals surface area contributed by atoms with Crippen molar-refractivity contribution >= 4 is 21.6 Å². The first-order valence-corrected chi connectivity index (χ1v) is 8.68. The van der Waals surface area contributed by atoms with Crippen LogP contribution in [-0.4, -0.2) is 14.5 Å². The summed E-state index contributed by atoms with van der Waals surface area (Å²) in [6.07, 6.45) is 6.14. The second kappa shape index (κ2) is 6.45. The topological polar surface area (TPSA) is 84.2 Å². The molecule has 0 amide bonds. The number of nitrogens with one attached hydrogen (secondary N) is 2. The normalized spacial score (nSPS) is 23.3. The predicted molar refractivity (Wildman–Crippen MR) is 82.8 cm³/mol. The summed E-state index contributed by atoms with van der Waals surface area (Å²) in [5, 5.41) is 8.45. The summed E-state index contributed by atoms with van der Waals surface area (Å²) >= 11 is 0. The molecule has 1 aromatic carbocycles. The van der Waals surface area contributed by atoms with Gasteiger partial charge in [0.05, 0.1) is 5.69 Å². The van der Waals surface area contributed by atoms with Crippen LogP contribution in [-0.2, 0) is 10.2 Å². The molecule has 5 nitrogen and oxygen atoms in total. The lowest BCUT2D eigenvalue weighted by atomic mass is 9.84. The molecule has 0 bridgehead atoms. The van der Waals surface area contributed by atoms with Gasteiger partial charge in [-0.05, 0) is 49.8 Å². The summed E-state index contributed by atoms with van der Waals surface area (Å²) in [6.45, 7) is 2.25. The van der Waals surface area contributed by atoms with Gasteiger partial charge in [0.15, 0.2) is 0 Å². The fraction of sp³-hybridized carbons (Fsp3) is 0.571. The Morgan fingerprint density at radius 3 is 2.45 bits per heavy atom. The van der Waals surface area contributed by atoms with Crippen molar-refractivity contribution in [3.63, 3.8) is 0 Å². The smallest absolute Gasteiger partial charge is 0.296 e. The monoisotopic (exact) mass is 297 g/mol. The standard InChI is InChI=1S/C14H23N3O2S/c1-2-11-6-8-12(9-7-11)16-13-4-3-5-14(10-13)17-20(15,18)19/h3-5,10-12,16-17H,2,6-9H2,1H3,(H2,15,18,19). The number of nitrogens with two attached hydrogens (primary N) is 1. The van der Waals surface area contributed by atoms with Crippen molar-refractivity contribution in [1.82, 2.24) is 0 Å². The van der Waals surface area contributed by atoms with Crippen LogP contribution >= 0.6 is 0 Å². The summed E-state index contributed by atoms with van der Waals surface area (Å²) in [5.41, 5.74) is 1.42. The summed E-state index contributed by atoms with van der Waals surface area (Å²) in [7, 11) is -3.72. The summed E-state index contributed by atoms with van der Waals surface area (Å²) in [5.74, 6) is 0.864. The number of hydrogen-bond donors (Lipinski definition) is 3. The van der Waals surface area contributed by atoms with Gasteiger partial charge in [0, 0.05) is 11.7 Å². The molecule has 2 rings (SSSR count). The molecule has 0 saturated heterocycles. The van der Waals surface area contributed by atoms with E-state index in [0.29, 0.717) is 11.7 Å². The lowest BCUT2D eigenvalue weighted by molar-refractivity contribution is 0.330. The maximum Gasteiger partial charge on any atom is 0.296 e. The van der Waals surface area contributed by atoms with Crippen LogP contribution in [0.3, 0.4) is 0 Å². The molecule has 20 heavy (non-hydrogen) atoms. The molecule has 6 heteroatoms. The van der Waals surface area contributed by atoms with Gasteiger partial charge >= 0.3 is 0 Å². The van der Waals surface area contributed by atoms with E-state index in [0.717, 1.165) is 11.6 Å². The highest BCUT2D eigenvalue weighted by atomic mass is 32.2. The van der Waals surface area contributed by atoms with E-state index in [1.165, 1.54) is 32.1 Å². The second-order valence-corrected chi connectivity index (χ2v) is 6.79. The van der Waals surface area contributed by atoms with Crippen LogP contribution in [0.2, 0.25) is 0 Å². The Labute approximate surface area is 121 Å². The van der Waals surface area contributed by atoms with Crippen LogP contribution in [0, 0.1) is 5.92 Å². The molecule has 1 fully saturated rings. The molecular weight excluding hydrogens is 274 g/mol. The van der Waals surface area contributed by atoms with Crippen molar-refractivity contribution in [3.05, 3.63) is 24.3 Å². The third kappa shape index (κ3) is 4.68. The zero-order valence-corrected chi connectivity index (χ0v) is 12.6. The van der Waals surface area contributed by atoms with Gasteiger partial charge in [-0.1, -0.05) is 19.4 Å². The molecule has 0 aromatic heterocycles. The molecule has 4 N–H and O–H groups in total. The molecular formula is C14H23N3O2S. The minimum absolute atomic E-state index is 0.475. The Morgan fingerprint density at radius 1 is 1.20 bits per heavy atom. The molecule has 0 radical (unpaired) electrons. The van der Waals surface area contributed by atoms with Gasteiger partial charge in [0.2, 0.25) is 0 Å². The zero-order valence-electron chi connectivity index (χ0n) is 11.8. The van der Waals surface area contributed by atoms with Crippen LogP contribution in [0.25, 0.3) is 0 Å².